The highest BCUT2D eigenvalue weighted by Gasteiger charge is 2.10. The van der Waals surface area contributed by atoms with Gasteiger partial charge < -0.3 is 15.4 Å². The molecule has 0 saturated carbocycles. The number of carbonyl (C=O) groups is 1. The number of aryl methyl sites for hydroxylation is 1. The number of ether oxygens (including phenoxy) is 1. The summed E-state index contributed by atoms with van der Waals surface area (Å²) < 4.78 is 5.48. The summed E-state index contributed by atoms with van der Waals surface area (Å²) in [6.45, 7) is 9.12. The van der Waals surface area contributed by atoms with Gasteiger partial charge >= 0.3 is 0 Å². The number of rotatable bonds is 10. The van der Waals surface area contributed by atoms with Crippen molar-refractivity contribution in [1.82, 2.24) is 5.32 Å². The monoisotopic (exact) mass is 292 g/mol. The van der Waals surface area contributed by atoms with E-state index in [2.05, 4.69) is 17.6 Å². The van der Waals surface area contributed by atoms with Gasteiger partial charge in [-0.15, -0.1) is 0 Å². The predicted molar refractivity (Wildman–Crippen MR) is 88.0 cm³/mol. The smallest absolute Gasteiger partial charge is 0.253 e. The van der Waals surface area contributed by atoms with Crippen molar-refractivity contribution in [3.8, 4) is 0 Å². The SMILES string of the molecule is CCCCOCCCNC(=O)c1cc(C)ccc1NCC. The molecule has 0 spiro atoms. The van der Waals surface area contributed by atoms with Crippen LogP contribution in [0.1, 0.15) is 49.0 Å². The van der Waals surface area contributed by atoms with Crippen molar-refractivity contribution < 1.29 is 9.53 Å². The molecule has 0 bridgehead atoms. The average Bonchev–Trinajstić information content (AvgIpc) is 2.48. The van der Waals surface area contributed by atoms with Crippen LogP contribution in [0.3, 0.4) is 0 Å². The molecule has 4 heteroatoms. The summed E-state index contributed by atoms with van der Waals surface area (Å²) in [6.07, 6.45) is 3.09. The third-order valence-electron chi connectivity index (χ3n) is 3.18. The van der Waals surface area contributed by atoms with Crippen LogP contribution >= 0.6 is 0 Å². The van der Waals surface area contributed by atoms with E-state index in [4.69, 9.17) is 4.74 Å². The van der Waals surface area contributed by atoms with Gasteiger partial charge in [-0.3, -0.25) is 4.79 Å². The summed E-state index contributed by atoms with van der Waals surface area (Å²) in [4.78, 5) is 12.2. The number of anilines is 1. The van der Waals surface area contributed by atoms with Crippen LogP contribution in [0.2, 0.25) is 0 Å². The Morgan fingerprint density at radius 2 is 1.95 bits per heavy atom. The van der Waals surface area contributed by atoms with Gasteiger partial charge in [0.2, 0.25) is 0 Å². The summed E-state index contributed by atoms with van der Waals surface area (Å²) in [5.41, 5.74) is 2.69. The Kier molecular flexibility index (Phi) is 8.51. The lowest BCUT2D eigenvalue weighted by molar-refractivity contribution is 0.0941. The molecule has 0 heterocycles. The largest absolute Gasteiger partial charge is 0.385 e. The molecule has 0 aliphatic heterocycles. The van der Waals surface area contributed by atoms with Gasteiger partial charge in [-0.05, 0) is 38.8 Å². The molecular weight excluding hydrogens is 264 g/mol. The van der Waals surface area contributed by atoms with E-state index in [0.29, 0.717) is 18.7 Å². The quantitative estimate of drug-likeness (QED) is 0.650. The van der Waals surface area contributed by atoms with Gasteiger partial charge in [0.25, 0.3) is 5.91 Å². The van der Waals surface area contributed by atoms with E-state index in [9.17, 15) is 4.79 Å². The molecule has 1 aromatic rings. The summed E-state index contributed by atoms with van der Waals surface area (Å²) in [5, 5.41) is 6.18. The van der Waals surface area contributed by atoms with Crippen LogP contribution in [0.5, 0.6) is 0 Å². The second kappa shape index (κ2) is 10.2. The van der Waals surface area contributed by atoms with E-state index in [1.54, 1.807) is 0 Å². The molecule has 0 fully saturated rings. The van der Waals surface area contributed by atoms with Crippen molar-refractivity contribution in [3.05, 3.63) is 29.3 Å². The van der Waals surface area contributed by atoms with Crippen LogP contribution in [-0.4, -0.2) is 32.2 Å². The molecular formula is C17H28N2O2. The first kappa shape index (κ1) is 17.5. The molecule has 1 amide bonds. The molecule has 0 saturated heterocycles. The topological polar surface area (TPSA) is 50.4 Å². The Bertz CT molecular complexity index is 433. The predicted octanol–water partition coefficient (Wildman–Crippen LogP) is 3.36. The molecule has 118 valence electrons. The van der Waals surface area contributed by atoms with Crippen molar-refractivity contribution in [1.29, 1.82) is 0 Å². The maximum atomic E-state index is 12.2. The van der Waals surface area contributed by atoms with Crippen LogP contribution in [0.4, 0.5) is 5.69 Å². The third kappa shape index (κ3) is 6.63. The number of carbonyl (C=O) groups excluding carboxylic acids is 1. The fourth-order valence-corrected chi connectivity index (χ4v) is 2.01. The number of amides is 1. The number of hydrogen-bond acceptors (Lipinski definition) is 3. The zero-order valence-corrected chi connectivity index (χ0v) is 13.5. The molecule has 1 rings (SSSR count). The van der Waals surface area contributed by atoms with Crippen molar-refractivity contribution in [2.75, 3.05) is 31.6 Å². The minimum atomic E-state index is -0.0248. The van der Waals surface area contributed by atoms with Gasteiger partial charge in [0.05, 0.1) is 5.56 Å². The molecule has 0 aromatic heterocycles. The summed E-state index contributed by atoms with van der Waals surface area (Å²) in [5.74, 6) is -0.0248. The van der Waals surface area contributed by atoms with E-state index in [-0.39, 0.29) is 5.91 Å². The maximum Gasteiger partial charge on any atom is 0.253 e. The summed E-state index contributed by atoms with van der Waals surface area (Å²) in [7, 11) is 0. The summed E-state index contributed by atoms with van der Waals surface area (Å²) in [6, 6.07) is 5.89. The third-order valence-corrected chi connectivity index (χ3v) is 3.18. The zero-order chi connectivity index (χ0) is 15.5. The van der Waals surface area contributed by atoms with Gasteiger partial charge in [-0.25, -0.2) is 0 Å². The molecule has 4 nitrogen and oxygen atoms in total. The van der Waals surface area contributed by atoms with E-state index in [0.717, 1.165) is 43.7 Å². The Morgan fingerprint density at radius 1 is 1.19 bits per heavy atom. The van der Waals surface area contributed by atoms with E-state index in [1.807, 2.05) is 32.0 Å². The average molecular weight is 292 g/mol. The fraction of sp³-hybridized carbons (Fsp3) is 0.588. The highest BCUT2D eigenvalue weighted by molar-refractivity contribution is 5.99. The highest BCUT2D eigenvalue weighted by Crippen LogP contribution is 2.17. The first-order valence-electron chi connectivity index (χ1n) is 7.89. The second-order valence-electron chi connectivity index (χ2n) is 5.15. The van der Waals surface area contributed by atoms with Crippen molar-refractivity contribution in [3.63, 3.8) is 0 Å². The number of unbranched alkanes of at least 4 members (excludes halogenated alkanes) is 1. The molecule has 0 aliphatic rings. The van der Waals surface area contributed by atoms with Crippen molar-refractivity contribution >= 4 is 11.6 Å². The van der Waals surface area contributed by atoms with Gasteiger partial charge in [-0.1, -0.05) is 25.0 Å². The molecule has 0 unspecified atom stereocenters. The van der Waals surface area contributed by atoms with Crippen LogP contribution in [0, 0.1) is 6.92 Å². The number of hydrogen-bond donors (Lipinski definition) is 2. The molecule has 21 heavy (non-hydrogen) atoms. The summed E-state index contributed by atoms with van der Waals surface area (Å²) >= 11 is 0. The lowest BCUT2D eigenvalue weighted by Gasteiger charge is -2.12. The van der Waals surface area contributed by atoms with Crippen LogP contribution in [-0.2, 0) is 4.74 Å². The Labute approximate surface area is 128 Å². The minimum absolute atomic E-state index is 0.0248. The standard InChI is InChI=1S/C17H28N2O2/c1-4-6-11-21-12-7-10-19-17(20)15-13-14(3)8-9-16(15)18-5-2/h8-9,13,18H,4-7,10-12H2,1-3H3,(H,19,20). The van der Waals surface area contributed by atoms with Crippen molar-refractivity contribution in [2.45, 2.75) is 40.0 Å². The van der Waals surface area contributed by atoms with Gasteiger partial charge in [0.15, 0.2) is 0 Å². The Hall–Kier alpha value is -1.55. The molecule has 0 atom stereocenters. The first-order valence-corrected chi connectivity index (χ1v) is 7.89. The fourth-order valence-electron chi connectivity index (χ4n) is 2.01. The lowest BCUT2D eigenvalue weighted by Crippen LogP contribution is -2.26. The minimum Gasteiger partial charge on any atom is -0.385 e. The molecule has 0 radical (unpaired) electrons. The van der Waals surface area contributed by atoms with Crippen LogP contribution in [0.15, 0.2) is 18.2 Å². The molecule has 0 aliphatic carbocycles. The molecule has 1 aromatic carbocycles. The van der Waals surface area contributed by atoms with Gasteiger partial charge in [-0.2, -0.15) is 0 Å². The highest BCUT2D eigenvalue weighted by atomic mass is 16.5. The van der Waals surface area contributed by atoms with E-state index in [1.165, 1.54) is 0 Å². The Morgan fingerprint density at radius 3 is 2.67 bits per heavy atom. The maximum absolute atomic E-state index is 12.2. The number of nitrogens with one attached hydrogen (secondary N) is 2. The second-order valence-corrected chi connectivity index (χ2v) is 5.15. The van der Waals surface area contributed by atoms with Crippen LogP contribution < -0.4 is 10.6 Å². The normalized spacial score (nSPS) is 10.4. The van der Waals surface area contributed by atoms with Crippen molar-refractivity contribution in [2.24, 2.45) is 0 Å². The van der Waals surface area contributed by atoms with E-state index < -0.39 is 0 Å². The van der Waals surface area contributed by atoms with E-state index >= 15 is 0 Å². The Balaban J connectivity index is 2.39. The van der Waals surface area contributed by atoms with Gasteiger partial charge in [0.1, 0.15) is 0 Å². The first-order chi connectivity index (χ1) is 10.2. The number of benzene rings is 1. The molecule has 2 N–H and O–H groups in total. The van der Waals surface area contributed by atoms with Gasteiger partial charge in [0, 0.05) is 32.0 Å². The lowest BCUT2D eigenvalue weighted by atomic mass is 10.1. The zero-order valence-electron chi connectivity index (χ0n) is 13.5. The van der Waals surface area contributed by atoms with Crippen LogP contribution in [0.25, 0.3) is 0 Å².